The van der Waals surface area contributed by atoms with Gasteiger partial charge in [0.05, 0.1) is 14.2 Å². The van der Waals surface area contributed by atoms with Crippen LogP contribution >= 0.6 is 0 Å². The van der Waals surface area contributed by atoms with Gasteiger partial charge in [-0.1, -0.05) is 17.3 Å². The molecule has 8 heteroatoms. The molecule has 3 aromatic carbocycles. The van der Waals surface area contributed by atoms with Crippen LogP contribution in [0.25, 0.3) is 56.4 Å². The van der Waals surface area contributed by atoms with Crippen LogP contribution in [0.2, 0.25) is 0 Å². The van der Waals surface area contributed by atoms with Crippen molar-refractivity contribution in [3.8, 4) is 46.0 Å². The lowest BCUT2D eigenvalue weighted by Crippen LogP contribution is -1.85. The van der Waals surface area contributed by atoms with Gasteiger partial charge >= 0.3 is 0 Å². The van der Waals surface area contributed by atoms with E-state index in [4.69, 9.17) is 22.8 Å². The zero-order valence-corrected chi connectivity index (χ0v) is 17.7. The molecular formula is C25H17N3O5. The normalized spacial score (nSPS) is 11.3. The summed E-state index contributed by atoms with van der Waals surface area (Å²) in [5.41, 5.74) is 4.25. The average Bonchev–Trinajstić information content (AvgIpc) is 3.59. The maximum Gasteiger partial charge on any atom is 0.298 e. The Morgan fingerprint density at radius 1 is 0.727 bits per heavy atom. The number of ether oxygens (including phenoxy) is 2. The zero-order valence-electron chi connectivity index (χ0n) is 17.7. The Kier molecular flexibility index (Phi) is 4.36. The molecular weight excluding hydrogens is 422 g/mol. The van der Waals surface area contributed by atoms with E-state index in [1.165, 1.54) is 0 Å². The van der Waals surface area contributed by atoms with Gasteiger partial charge in [0.1, 0.15) is 22.4 Å². The lowest BCUT2D eigenvalue weighted by molar-refractivity contribution is 0.316. The number of fused-ring (bicyclic) bond motifs is 2. The molecule has 0 aliphatic carbocycles. The highest BCUT2D eigenvalue weighted by atomic mass is 16.6. The third kappa shape index (κ3) is 3.20. The molecule has 3 heterocycles. The largest absolute Gasteiger partial charge is 0.497 e. The number of rotatable bonds is 5. The molecule has 0 aliphatic heterocycles. The number of oxazole rings is 1. The fraction of sp³-hybridized carbons (Fsp3) is 0.0800. The summed E-state index contributed by atoms with van der Waals surface area (Å²) in [5.74, 6) is 2.35. The predicted octanol–water partition coefficient (Wildman–Crippen LogP) is 5.98. The number of para-hydroxylation sites is 2. The van der Waals surface area contributed by atoms with Crippen molar-refractivity contribution in [1.82, 2.24) is 15.1 Å². The second-order valence-corrected chi connectivity index (χ2v) is 7.32. The van der Waals surface area contributed by atoms with Crippen molar-refractivity contribution in [2.75, 3.05) is 14.2 Å². The van der Waals surface area contributed by atoms with Gasteiger partial charge in [-0.25, -0.2) is 4.98 Å². The maximum absolute atomic E-state index is 5.98. The van der Waals surface area contributed by atoms with E-state index in [0.717, 1.165) is 27.8 Å². The van der Waals surface area contributed by atoms with E-state index >= 15 is 0 Å². The molecule has 0 bridgehead atoms. The molecule has 0 unspecified atom stereocenters. The summed E-state index contributed by atoms with van der Waals surface area (Å²) in [4.78, 5) is 9.17. The van der Waals surface area contributed by atoms with Crippen LogP contribution in [-0.4, -0.2) is 29.3 Å². The van der Waals surface area contributed by atoms with Crippen LogP contribution in [0.1, 0.15) is 0 Å². The maximum atomic E-state index is 5.98. The summed E-state index contributed by atoms with van der Waals surface area (Å²) in [6.45, 7) is 0. The van der Waals surface area contributed by atoms with Gasteiger partial charge < -0.3 is 22.8 Å². The van der Waals surface area contributed by atoms with Gasteiger partial charge in [0, 0.05) is 16.5 Å². The van der Waals surface area contributed by atoms with E-state index in [1.54, 1.807) is 14.2 Å². The minimum absolute atomic E-state index is 0.320. The molecule has 0 saturated heterocycles. The Labute approximate surface area is 187 Å². The van der Waals surface area contributed by atoms with Gasteiger partial charge in [-0.2, -0.15) is 4.98 Å². The highest BCUT2D eigenvalue weighted by Crippen LogP contribution is 2.42. The van der Waals surface area contributed by atoms with Crippen molar-refractivity contribution in [2.24, 2.45) is 0 Å². The third-order valence-corrected chi connectivity index (χ3v) is 5.37. The lowest BCUT2D eigenvalue weighted by atomic mass is 10.1. The summed E-state index contributed by atoms with van der Waals surface area (Å²) < 4.78 is 28.0. The molecule has 0 spiro atoms. The molecule has 0 radical (unpaired) electrons. The van der Waals surface area contributed by atoms with E-state index in [9.17, 15) is 0 Å². The summed E-state index contributed by atoms with van der Waals surface area (Å²) in [5, 5.41) is 4.93. The van der Waals surface area contributed by atoms with Crippen LogP contribution in [0, 0.1) is 0 Å². The predicted molar refractivity (Wildman–Crippen MR) is 121 cm³/mol. The van der Waals surface area contributed by atoms with E-state index < -0.39 is 0 Å². The Balaban J connectivity index is 1.44. The molecule has 6 aromatic rings. The second-order valence-electron chi connectivity index (χ2n) is 7.32. The number of methoxy groups -OCH3 is 2. The van der Waals surface area contributed by atoms with Crippen molar-refractivity contribution in [2.45, 2.75) is 0 Å². The smallest absolute Gasteiger partial charge is 0.298 e. The molecule has 6 rings (SSSR count). The minimum atomic E-state index is 0.320. The van der Waals surface area contributed by atoms with Gasteiger partial charge in [0.2, 0.25) is 11.7 Å². The van der Waals surface area contributed by atoms with Crippen LogP contribution in [0.4, 0.5) is 0 Å². The first kappa shape index (κ1) is 19.1. The first-order chi connectivity index (χ1) is 16.2. The SMILES string of the molecule is COc1ccc(-c2nc(-c3ccc4oc(OC)c(-c5nc6ccccc6o5)c4c3)no2)cc1. The molecule has 33 heavy (non-hydrogen) atoms. The Morgan fingerprint density at radius 3 is 2.33 bits per heavy atom. The summed E-state index contributed by atoms with van der Waals surface area (Å²) >= 11 is 0. The molecule has 3 aromatic heterocycles. The molecule has 0 fully saturated rings. The number of furan rings is 1. The van der Waals surface area contributed by atoms with Crippen LogP contribution in [0.5, 0.6) is 11.7 Å². The van der Waals surface area contributed by atoms with Crippen LogP contribution in [0.3, 0.4) is 0 Å². The molecule has 0 N–H and O–H groups in total. The molecule has 162 valence electrons. The quantitative estimate of drug-likeness (QED) is 0.324. The van der Waals surface area contributed by atoms with Gasteiger partial charge in [-0.3, -0.25) is 0 Å². The van der Waals surface area contributed by atoms with Crippen molar-refractivity contribution in [3.05, 3.63) is 66.7 Å². The van der Waals surface area contributed by atoms with Crippen molar-refractivity contribution < 1.29 is 22.8 Å². The first-order valence-corrected chi connectivity index (χ1v) is 10.2. The van der Waals surface area contributed by atoms with Gasteiger partial charge in [0.25, 0.3) is 11.8 Å². The zero-order chi connectivity index (χ0) is 22.4. The summed E-state index contributed by atoms with van der Waals surface area (Å²) in [7, 11) is 3.17. The van der Waals surface area contributed by atoms with Crippen LogP contribution < -0.4 is 9.47 Å². The van der Waals surface area contributed by atoms with E-state index in [1.807, 2.05) is 66.7 Å². The Bertz CT molecular complexity index is 1560. The molecule has 0 aliphatic rings. The number of benzene rings is 3. The van der Waals surface area contributed by atoms with Crippen LogP contribution in [-0.2, 0) is 0 Å². The number of hydrogen-bond acceptors (Lipinski definition) is 8. The molecule has 8 nitrogen and oxygen atoms in total. The standard InChI is InChI=1S/C25H17N3O5/c1-29-16-10-7-14(8-11-16)23-27-22(28-33-23)15-9-12-19-17(13-15)21(25(30-2)32-19)24-26-18-5-3-4-6-20(18)31-24/h3-13H,1-2H3. The number of hydrogen-bond donors (Lipinski definition) is 0. The molecule has 0 saturated carbocycles. The Morgan fingerprint density at radius 2 is 1.55 bits per heavy atom. The number of nitrogens with zero attached hydrogens (tertiary/aromatic N) is 3. The van der Waals surface area contributed by atoms with Crippen molar-refractivity contribution >= 4 is 22.1 Å². The van der Waals surface area contributed by atoms with E-state index in [2.05, 4.69) is 15.1 Å². The summed E-state index contributed by atoms with van der Waals surface area (Å²) in [6.07, 6.45) is 0. The lowest BCUT2D eigenvalue weighted by Gasteiger charge is -1.99. The second kappa shape index (κ2) is 7.52. The summed E-state index contributed by atoms with van der Waals surface area (Å²) in [6, 6.07) is 20.6. The number of aromatic nitrogens is 3. The highest BCUT2D eigenvalue weighted by Gasteiger charge is 2.23. The van der Waals surface area contributed by atoms with E-state index in [-0.39, 0.29) is 0 Å². The van der Waals surface area contributed by atoms with Crippen molar-refractivity contribution in [3.63, 3.8) is 0 Å². The van der Waals surface area contributed by atoms with Crippen molar-refractivity contribution in [1.29, 1.82) is 0 Å². The molecule has 0 atom stereocenters. The third-order valence-electron chi connectivity index (χ3n) is 5.37. The monoisotopic (exact) mass is 439 g/mol. The Hall–Kier alpha value is -4.59. The van der Waals surface area contributed by atoms with Gasteiger partial charge in [-0.05, 0) is 54.6 Å². The average molecular weight is 439 g/mol. The fourth-order valence-corrected chi connectivity index (χ4v) is 3.73. The molecule has 0 amide bonds. The fourth-order valence-electron chi connectivity index (χ4n) is 3.73. The minimum Gasteiger partial charge on any atom is -0.497 e. The van der Waals surface area contributed by atoms with Crippen LogP contribution in [0.15, 0.2) is 80.1 Å². The first-order valence-electron chi connectivity index (χ1n) is 10.2. The van der Waals surface area contributed by atoms with Gasteiger partial charge in [-0.15, -0.1) is 0 Å². The highest BCUT2D eigenvalue weighted by molar-refractivity contribution is 5.98. The van der Waals surface area contributed by atoms with E-state index in [0.29, 0.717) is 40.3 Å². The van der Waals surface area contributed by atoms with Gasteiger partial charge in [0.15, 0.2) is 5.58 Å². The topological polar surface area (TPSA) is 96.6 Å².